The van der Waals surface area contributed by atoms with Crippen LogP contribution in [0.2, 0.25) is 0 Å². The number of benzene rings is 1. The second-order valence-corrected chi connectivity index (χ2v) is 4.37. The van der Waals surface area contributed by atoms with Gasteiger partial charge in [-0.15, -0.1) is 0 Å². The molecule has 1 atom stereocenters. The molecule has 0 fully saturated rings. The molecule has 0 aliphatic heterocycles. The first-order valence-electron chi connectivity index (χ1n) is 5.76. The fourth-order valence-corrected chi connectivity index (χ4v) is 1.38. The van der Waals surface area contributed by atoms with Crippen LogP contribution in [0.25, 0.3) is 0 Å². The zero-order valence-electron chi connectivity index (χ0n) is 10.6. The predicted molar refractivity (Wildman–Crippen MR) is 67.8 cm³/mol. The molecular formula is C13H20N2O2. The van der Waals surface area contributed by atoms with Gasteiger partial charge < -0.3 is 15.8 Å². The van der Waals surface area contributed by atoms with Crippen molar-refractivity contribution >= 4 is 5.91 Å². The molecule has 1 aromatic rings. The third kappa shape index (κ3) is 4.87. The van der Waals surface area contributed by atoms with E-state index in [1.807, 2.05) is 45.0 Å². The van der Waals surface area contributed by atoms with Gasteiger partial charge in [0.05, 0.1) is 0 Å². The van der Waals surface area contributed by atoms with E-state index in [1.165, 1.54) is 0 Å². The minimum atomic E-state index is -0.115. The lowest BCUT2D eigenvalue weighted by Crippen LogP contribution is -2.34. The molecule has 1 unspecified atom stereocenters. The molecule has 4 nitrogen and oxygen atoms in total. The molecule has 1 rings (SSSR count). The number of carbonyl (C=O) groups excluding carboxylic acids is 1. The summed E-state index contributed by atoms with van der Waals surface area (Å²) in [7, 11) is 0. The number of rotatable bonds is 5. The maximum Gasteiger partial charge on any atom is 0.258 e. The average Bonchev–Trinajstić information content (AvgIpc) is 2.26. The van der Waals surface area contributed by atoms with Crippen LogP contribution in [0.1, 0.15) is 32.4 Å². The van der Waals surface area contributed by atoms with Crippen molar-refractivity contribution in [3.05, 3.63) is 29.8 Å². The Hall–Kier alpha value is -1.55. The maximum atomic E-state index is 11.3. The van der Waals surface area contributed by atoms with Crippen LogP contribution in [0.3, 0.4) is 0 Å². The standard InChI is InChI=1S/C13H20N2O2/c1-9(2)15-13(16)8-17-12-6-4-11(5-7-12)10(3)14/h4-7,9-10H,8,14H2,1-3H3,(H,15,16). The van der Waals surface area contributed by atoms with Gasteiger partial charge in [0.25, 0.3) is 5.91 Å². The maximum absolute atomic E-state index is 11.3. The number of ether oxygens (including phenoxy) is 1. The molecule has 0 spiro atoms. The smallest absolute Gasteiger partial charge is 0.258 e. The number of hydrogen-bond donors (Lipinski definition) is 2. The molecule has 4 heteroatoms. The molecule has 0 saturated carbocycles. The van der Waals surface area contributed by atoms with E-state index < -0.39 is 0 Å². The summed E-state index contributed by atoms with van der Waals surface area (Å²) in [5, 5.41) is 2.76. The molecule has 0 aromatic heterocycles. The van der Waals surface area contributed by atoms with Crippen molar-refractivity contribution < 1.29 is 9.53 Å². The number of nitrogens with one attached hydrogen (secondary N) is 1. The van der Waals surface area contributed by atoms with Crippen molar-refractivity contribution in [2.75, 3.05) is 6.61 Å². The van der Waals surface area contributed by atoms with E-state index in [4.69, 9.17) is 10.5 Å². The van der Waals surface area contributed by atoms with Crippen molar-refractivity contribution in [2.45, 2.75) is 32.9 Å². The molecule has 0 aliphatic rings. The van der Waals surface area contributed by atoms with Crippen LogP contribution >= 0.6 is 0 Å². The summed E-state index contributed by atoms with van der Waals surface area (Å²) in [6, 6.07) is 7.59. The Balaban J connectivity index is 2.44. The zero-order valence-corrected chi connectivity index (χ0v) is 10.6. The largest absolute Gasteiger partial charge is 0.484 e. The van der Waals surface area contributed by atoms with Crippen molar-refractivity contribution in [3.8, 4) is 5.75 Å². The van der Waals surface area contributed by atoms with E-state index in [9.17, 15) is 4.79 Å². The zero-order chi connectivity index (χ0) is 12.8. The Morgan fingerprint density at radius 3 is 2.35 bits per heavy atom. The van der Waals surface area contributed by atoms with Crippen LogP contribution in [-0.4, -0.2) is 18.6 Å². The fourth-order valence-electron chi connectivity index (χ4n) is 1.38. The van der Waals surface area contributed by atoms with Gasteiger partial charge >= 0.3 is 0 Å². The lowest BCUT2D eigenvalue weighted by molar-refractivity contribution is -0.123. The summed E-state index contributed by atoms with van der Waals surface area (Å²) in [4.78, 5) is 11.3. The van der Waals surface area contributed by atoms with Gasteiger partial charge in [0, 0.05) is 12.1 Å². The van der Waals surface area contributed by atoms with E-state index in [2.05, 4.69) is 5.32 Å². The predicted octanol–water partition coefficient (Wildman–Crippen LogP) is 1.61. The summed E-state index contributed by atoms with van der Waals surface area (Å²) in [6.07, 6.45) is 0. The topological polar surface area (TPSA) is 64.3 Å². The minimum absolute atomic E-state index is 0.00768. The average molecular weight is 236 g/mol. The third-order valence-corrected chi connectivity index (χ3v) is 2.23. The van der Waals surface area contributed by atoms with Crippen molar-refractivity contribution in [3.63, 3.8) is 0 Å². The van der Waals surface area contributed by atoms with Crippen LogP contribution in [0.5, 0.6) is 5.75 Å². The molecule has 17 heavy (non-hydrogen) atoms. The van der Waals surface area contributed by atoms with Crippen molar-refractivity contribution in [2.24, 2.45) is 5.73 Å². The molecule has 1 amide bonds. The van der Waals surface area contributed by atoms with Gasteiger partial charge in [-0.1, -0.05) is 12.1 Å². The van der Waals surface area contributed by atoms with Crippen LogP contribution < -0.4 is 15.8 Å². The van der Waals surface area contributed by atoms with E-state index in [1.54, 1.807) is 0 Å². The molecule has 0 saturated heterocycles. The molecule has 94 valence electrons. The Kier molecular flexibility index (Phi) is 4.97. The number of amides is 1. The van der Waals surface area contributed by atoms with Gasteiger partial charge in [0.15, 0.2) is 6.61 Å². The molecule has 3 N–H and O–H groups in total. The lowest BCUT2D eigenvalue weighted by atomic mass is 10.1. The minimum Gasteiger partial charge on any atom is -0.484 e. The summed E-state index contributed by atoms with van der Waals surface area (Å²) in [6.45, 7) is 5.78. The Morgan fingerprint density at radius 2 is 1.88 bits per heavy atom. The first-order chi connectivity index (χ1) is 7.99. The van der Waals surface area contributed by atoms with E-state index in [-0.39, 0.29) is 24.6 Å². The summed E-state index contributed by atoms with van der Waals surface area (Å²) in [5.74, 6) is 0.560. The highest BCUT2D eigenvalue weighted by molar-refractivity contribution is 5.77. The normalized spacial score (nSPS) is 12.3. The Morgan fingerprint density at radius 1 is 1.29 bits per heavy atom. The second kappa shape index (κ2) is 6.25. The Bertz CT molecular complexity index is 358. The lowest BCUT2D eigenvalue weighted by Gasteiger charge is -2.10. The number of nitrogens with two attached hydrogens (primary N) is 1. The highest BCUT2D eigenvalue weighted by Crippen LogP contribution is 2.15. The van der Waals surface area contributed by atoms with E-state index in [0.717, 1.165) is 5.56 Å². The summed E-state index contributed by atoms with van der Waals surface area (Å²) in [5.41, 5.74) is 6.78. The van der Waals surface area contributed by atoms with Crippen LogP contribution in [0, 0.1) is 0 Å². The number of carbonyl (C=O) groups is 1. The quantitative estimate of drug-likeness (QED) is 0.816. The Labute approximate surface area is 102 Å². The van der Waals surface area contributed by atoms with Crippen LogP contribution in [-0.2, 0) is 4.79 Å². The SMILES string of the molecule is CC(C)NC(=O)COc1ccc(C(C)N)cc1. The molecule has 0 radical (unpaired) electrons. The number of hydrogen-bond acceptors (Lipinski definition) is 3. The van der Waals surface area contributed by atoms with Crippen molar-refractivity contribution in [1.82, 2.24) is 5.32 Å². The third-order valence-electron chi connectivity index (χ3n) is 2.23. The molecule has 0 heterocycles. The van der Waals surface area contributed by atoms with Crippen LogP contribution in [0.4, 0.5) is 0 Å². The van der Waals surface area contributed by atoms with Gasteiger partial charge in [0.1, 0.15) is 5.75 Å². The summed E-state index contributed by atoms with van der Waals surface area (Å²) >= 11 is 0. The molecular weight excluding hydrogens is 216 g/mol. The summed E-state index contributed by atoms with van der Waals surface area (Å²) < 4.78 is 5.35. The highest BCUT2D eigenvalue weighted by atomic mass is 16.5. The van der Waals surface area contributed by atoms with Gasteiger partial charge in [-0.3, -0.25) is 4.79 Å². The molecule has 0 aliphatic carbocycles. The first-order valence-corrected chi connectivity index (χ1v) is 5.76. The first kappa shape index (κ1) is 13.5. The fraction of sp³-hybridized carbons (Fsp3) is 0.462. The van der Waals surface area contributed by atoms with E-state index >= 15 is 0 Å². The second-order valence-electron chi connectivity index (χ2n) is 4.37. The van der Waals surface area contributed by atoms with Crippen LogP contribution in [0.15, 0.2) is 24.3 Å². The monoisotopic (exact) mass is 236 g/mol. The van der Waals surface area contributed by atoms with Crippen molar-refractivity contribution in [1.29, 1.82) is 0 Å². The molecule has 1 aromatic carbocycles. The van der Waals surface area contributed by atoms with Gasteiger partial charge in [-0.2, -0.15) is 0 Å². The van der Waals surface area contributed by atoms with Gasteiger partial charge in [-0.05, 0) is 38.5 Å². The molecule has 0 bridgehead atoms. The highest BCUT2D eigenvalue weighted by Gasteiger charge is 2.04. The van der Waals surface area contributed by atoms with E-state index in [0.29, 0.717) is 5.75 Å². The van der Waals surface area contributed by atoms with Gasteiger partial charge in [-0.25, -0.2) is 0 Å². The van der Waals surface area contributed by atoms with Gasteiger partial charge in [0.2, 0.25) is 0 Å².